The van der Waals surface area contributed by atoms with Gasteiger partial charge in [-0.1, -0.05) is 29.3 Å². The molecule has 0 spiro atoms. The lowest BCUT2D eigenvalue weighted by molar-refractivity contribution is -0.117. The highest BCUT2D eigenvalue weighted by Gasteiger charge is 2.22. The first-order chi connectivity index (χ1) is 11.7. The molecule has 2 N–H and O–H groups in total. The summed E-state index contributed by atoms with van der Waals surface area (Å²) < 4.78 is 32.0. The number of ether oxygens (including phenoxy) is 1. The Bertz CT molecular complexity index is 867. The van der Waals surface area contributed by atoms with Gasteiger partial charge in [-0.2, -0.15) is 4.72 Å². The third kappa shape index (κ3) is 4.94. The first-order valence-corrected chi connectivity index (χ1v) is 9.32. The lowest BCUT2D eigenvalue weighted by atomic mass is 10.2. The van der Waals surface area contributed by atoms with Gasteiger partial charge in [-0.25, -0.2) is 8.42 Å². The maximum absolute atomic E-state index is 12.3. The molecule has 0 aliphatic heterocycles. The summed E-state index contributed by atoms with van der Waals surface area (Å²) in [7, 11) is -2.30. The van der Waals surface area contributed by atoms with E-state index in [1.165, 1.54) is 32.2 Å². The molecule has 0 radical (unpaired) electrons. The fraction of sp³-hybridized carbons (Fsp3) is 0.235. The van der Waals surface area contributed by atoms with Crippen LogP contribution in [-0.4, -0.2) is 27.5 Å². The van der Waals surface area contributed by atoms with Crippen molar-refractivity contribution in [2.45, 2.75) is 24.8 Å². The van der Waals surface area contributed by atoms with Crippen LogP contribution in [0.15, 0.2) is 47.4 Å². The molecule has 8 heteroatoms. The Kier molecular flexibility index (Phi) is 6.05. The van der Waals surface area contributed by atoms with E-state index in [1.54, 1.807) is 24.3 Å². The number of amides is 1. The number of benzene rings is 2. The van der Waals surface area contributed by atoms with Gasteiger partial charge in [-0.3, -0.25) is 4.79 Å². The van der Waals surface area contributed by atoms with Crippen molar-refractivity contribution in [2.75, 3.05) is 12.4 Å². The molecule has 6 nitrogen and oxygen atoms in total. The minimum absolute atomic E-state index is 0.102. The lowest BCUT2D eigenvalue weighted by Crippen LogP contribution is -2.41. The third-order valence-corrected chi connectivity index (χ3v) is 5.33. The van der Waals surface area contributed by atoms with E-state index >= 15 is 0 Å². The van der Waals surface area contributed by atoms with Gasteiger partial charge in [0.15, 0.2) is 0 Å². The Morgan fingerprint density at radius 1 is 1.16 bits per heavy atom. The summed E-state index contributed by atoms with van der Waals surface area (Å²) in [6, 6.07) is 10.2. The molecular formula is C17H19ClN2O4S. The van der Waals surface area contributed by atoms with Gasteiger partial charge >= 0.3 is 0 Å². The van der Waals surface area contributed by atoms with E-state index in [2.05, 4.69) is 10.0 Å². The molecule has 134 valence electrons. The molecule has 0 heterocycles. The number of carbonyl (C=O) groups is 1. The second-order valence-corrected chi connectivity index (χ2v) is 7.62. The van der Waals surface area contributed by atoms with Gasteiger partial charge in [0.1, 0.15) is 5.75 Å². The van der Waals surface area contributed by atoms with E-state index in [4.69, 9.17) is 16.3 Å². The number of nitrogens with one attached hydrogen (secondary N) is 2. The zero-order valence-corrected chi connectivity index (χ0v) is 15.6. The van der Waals surface area contributed by atoms with Crippen molar-refractivity contribution in [3.05, 3.63) is 53.1 Å². The van der Waals surface area contributed by atoms with Gasteiger partial charge in [0.2, 0.25) is 15.9 Å². The van der Waals surface area contributed by atoms with E-state index in [0.717, 1.165) is 5.56 Å². The number of rotatable bonds is 6. The number of halogens is 1. The predicted molar refractivity (Wildman–Crippen MR) is 97.6 cm³/mol. The van der Waals surface area contributed by atoms with Crippen LogP contribution in [0.25, 0.3) is 0 Å². The smallest absolute Gasteiger partial charge is 0.242 e. The number of hydrogen-bond acceptors (Lipinski definition) is 4. The molecule has 2 aromatic rings. The molecule has 0 saturated heterocycles. The summed E-state index contributed by atoms with van der Waals surface area (Å²) in [5, 5.41) is 2.95. The number of methoxy groups -OCH3 is 1. The molecule has 2 aromatic carbocycles. The first-order valence-electron chi connectivity index (χ1n) is 7.46. The largest absolute Gasteiger partial charge is 0.495 e. The van der Waals surface area contributed by atoms with Crippen molar-refractivity contribution in [1.29, 1.82) is 0 Å². The summed E-state index contributed by atoms with van der Waals surface area (Å²) in [6.45, 7) is 3.33. The highest BCUT2D eigenvalue weighted by Crippen LogP contribution is 2.27. The Balaban J connectivity index is 2.07. The number of sulfonamides is 1. The highest BCUT2D eigenvalue weighted by atomic mass is 35.5. The molecule has 0 aliphatic rings. The molecule has 0 unspecified atom stereocenters. The standard InChI is InChI=1S/C17H19ClN2O4S/c1-11-4-7-14(8-5-11)25(22,23)20-12(2)17(21)19-13-6-9-16(24-3)15(18)10-13/h4-10,12,20H,1-3H3,(H,19,21)/t12-/m1/s1. The molecule has 1 atom stereocenters. The van der Waals surface area contributed by atoms with Gasteiger partial charge in [0, 0.05) is 5.69 Å². The molecular weight excluding hydrogens is 364 g/mol. The lowest BCUT2D eigenvalue weighted by Gasteiger charge is -2.15. The molecule has 0 aliphatic carbocycles. The molecule has 0 bridgehead atoms. The summed E-state index contributed by atoms with van der Waals surface area (Å²) in [5.74, 6) is -0.0234. The van der Waals surface area contributed by atoms with Crippen LogP contribution in [0.1, 0.15) is 12.5 Å². The zero-order valence-electron chi connectivity index (χ0n) is 14.0. The number of hydrogen-bond donors (Lipinski definition) is 2. The van der Waals surface area contributed by atoms with Crippen LogP contribution in [0.2, 0.25) is 5.02 Å². The Morgan fingerprint density at radius 2 is 1.80 bits per heavy atom. The van der Waals surface area contributed by atoms with Gasteiger partial charge in [0.05, 0.1) is 23.1 Å². The van der Waals surface area contributed by atoms with Crippen LogP contribution in [0, 0.1) is 6.92 Å². The van der Waals surface area contributed by atoms with E-state index in [-0.39, 0.29) is 4.90 Å². The average molecular weight is 383 g/mol. The van der Waals surface area contributed by atoms with Crippen LogP contribution in [0.3, 0.4) is 0 Å². The van der Waals surface area contributed by atoms with Gasteiger partial charge in [0.25, 0.3) is 0 Å². The fourth-order valence-electron chi connectivity index (χ4n) is 2.07. The summed E-state index contributed by atoms with van der Waals surface area (Å²) in [5.41, 5.74) is 1.39. The van der Waals surface area contributed by atoms with E-state index in [1.807, 2.05) is 6.92 Å². The van der Waals surface area contributed by atoms with E-state index in [0.29, 0.717) is 16.5 Å². The summed E-state index contributed by atoms with van der Waals surface area (Å²) >= 11 is 6.00. The Labute approximate surface area is 152 Å². The predicted octanol–water partition coefficient (Wildman–Crippen LogP) is 2.96. The van der Waals surface area contributed by atoms with Crippen molar-refractivity contribution >= 4 is 33.2 Å². The Morgan fingerprint density at radius 3 is 2.36 bits per heavy atom. The van der Waals surface area contributed by atoms with E-state index in [9.17, 15) is 13.2 Å². The number of carbonyl (C=O) groups excluding carboxylic acids is 1. The number of anilines is 1. The van der Waals surface area contributed by atoms with Gasteiger partial charge < -0.3 is 10.1 Å². The second-order valence-electron chi connectivity index (χ2n) is 5.49. The van der Waals surface area contributed by atoms with Crippen LogP contribution in [0.5, 0.6) is 5.75 Å². The molecule has 1 amide bonds. The van der Waals surface area contributed by atoms with Gasteiger partial charge in [-0.05, 0) is 44.2 Å². The molecule has 0 aromatic heterocycles. The topological polar surface area (TPSA) is 84.5 Å². The van der Waals surface area contributed by atoms with Crippen molar-refractivity contribution in [2.24, 2.45) is 0 Å². The first kappa shape index (κ1) is 19.2. The Hall–Kier alpha value is -2.09. The maximum atomic E-state index is 12.3. The van der Waals surface area contributed by atoms with Gasteiger partial charge in [-0.15, -0.1) is 0 Å². The van der Waals surface area contributed by atoms with Crippen LogP contribution in [0.4, 0.5) is 5.69 Å². The van der Waals surface area contributed by atoms with Crippen molar-refractivity contribution < 1.29 is 17.9 Å². The second kappa shape index (κ2) is 7.86. The summed E-state index contributed by atoms with van der Waals surface area (Å²) in [6.07, 6.45) is 0. The molecule has 25 heavy (non-hydrogen) atoms. The van der Waals surface area contributed by atoms with Crippen molar-refractivity contribution in [1.82, 2.24) is 4.72 Å². The minimum atomic E-state index is -3.79. The van der Waals surface area contributed by atoms with Crippen LogP contribution < -0.4 is 14.8 Å². The van der Waals surface area contributed by atoms with Crippen LogP contribution in [-0.2, 0) is 14.8 Å². The molecule has 0 saturated carbocycles. The number of aryl methyl sites for hydroxylation is 1. The quantitative estimate of drug-likeness (QED) is 0.804. The van der Waals surface area contributed by atoms with E-state index < -0.39 is 22.0 Å². The van der Waals surface area contributed by atoms with Crippen molar-refractivity contribution in [3.8, 4) is 5.75 Å². The average Bonchev–Trinajstić information content (AvgIpc) is 2.55. The van der Waals surface area contributed by atoms with Crippen molar-refractivity contribution in [3.63, 3.8) is 0 Å². The highest BCUT2D eigenvalue weighted by molar-refractivity contribution is 7.89. The fourth-order valence-corrected chi connectivity index (χ4v) is 3.53. The normalized spacial score (nSPS) is 12.5. The zero-order chi connectivity index (χ0) is 18.6. The SMILES string of the molecule is COc1ccc(NC(=O)[C@@H](C)NS(=O)(=O)c2ccc(C)cc2)cc1Cl. The molecule has 0 fully saturated rings. The summed E-state index contributed by atoms with van der Waals surface area (Å²) in [4.78, 5) is 12.3. The molecule has 2 rings (SSSR count). The minimum Gasteiger partial charge on any atom is -0.495 e. The maximum Gasteiger partial charge on any atom is 0.242 e. The van der Waals surface area contributed by atoms with Crippen LogP contribution >= 0.6 is 11.6 Å². The monoisotopic (exact) mass is 382 g/mol. The third-order valence-electron chi connectivity index (χ3n) is 3.48.